The highest BCUT2D eigenvalue weighted by molar-refractivity contribution is 6.11. The van der Waals surface area contributed by atoms with Crippen LogP contribution in [-0.2, 0) is 0 Å². The molecule has 5 aromatic carbocycles. The molecule has 4 nitrogen and oxygen atoms in total. The Morgan fingerprint density at radius 2 is 1.19 bits per heavy atom. The molecule has 0 unspecified atom stereocenters. The van der Waals surface area contributed by atoms with Crippen LogP contribution in [0.2, 0.25) is 0 Å². The molecule has 7 aromatic rings. The van der Waals surface area contributed by atoms with Crippen molar-refractivity contribution in [3.8, 4) is 17.4 Å². The molecule has 0 radical (unpaired) electrons. The Kier molecular flexibility index (Phi) is 6.30. The molecule has 7 rings (SSSR count). The monoisotopic (exact) mass is 554 g/mol. The van der Waals surface area contributed by atoms with Gasteiger partial charge in [0.25, 0.3) is 0 Å². The van der Waals surface area contributed by atoms with Gasteiger partial charge < -0.3 is 9.13 Å². The van der Waals surface area contributed by atoms with Crippen molar-refractivity contribution in [1.82, 2.24) is 9.13 Å². The number of aromatic nitrogens is 2. The summed E-state index contributed by atoms with van der Waals surface area (Å²) in [4.78, 5) is 3.97. The van der Waals surface area contributed by atoms with E-state index in [0.717, 1.165) is 55.4 Å². The highest BCUT2D eigenvalue weighted by Crippen LogP contribution is 2.39. The molecule has 0 saturated carbocycles. The van der Waals surface area contributed by atoms with Crippen LogP contribution >= 0.6 is 0 Å². The van der Waals surface area contributed by atoms with Gasteiger partial charge in [-0.3, -0.25) is 4.99 Å². The first-order valence-corrected chi connectivity index (χ1v) is 14.4. The average Bonchev–Trinajstić information content (AvgIpc) is 3.53. The van der Waals surface area contributed by atoms with Gasteiger partial charge in [-0.15, -0.1) is 0 Å². The summed E-state index contributed by atoms with van der Waals surface area (Å²) in [5, 5.41) is 15.6. The van der Waals surface area contributed by atoms with Crippen molar-refractivity contribution in [2.75, 3.05) is 0 Å². The van der Waals surface area contributed by atoms with Gasteiger partial charge in [0.15, 0.2) is 0 Å². The van der Waals surface area contributed by atoms with Crippen molar-refractivity contribution in [1.29, 1.82) is 5.26 Å². The van der Waals surface area contributed by atoms with Crippen molar-refractivity contribution >= 4 is 55.9 Å². The van der Waals surface area contributed by atoms with Crippen LogP contribution in [0.5, 0.6) is 0 Å². The van der Waals surface area contributed by atoms with E-state index in [1.165, 1.54) is 21.9 Å². The van der Waals surface area contributed by atoms with Crippen LogP contribution in [0, 0.1) is 25.2 Å². The molecule has 2 aromatic heterocycles. The normalized spacial score (nSPS) is 12.2. The fourth-order valence-corrected chi connectivity index (χ4v) is 6.43. The first kappa shape index (κ1) is 26.3. The maximum atomic E-state index is 11.0. The largest absolute Gasteiger partial charge is 0.308 e. The number of benzene rings is 5. The van der Waals surface area contributed by atoms with E-state index in [-0.39, 0.29) is 0 Å². The number of para-hydroxylation sites is 2. The maximum absolute atomic E-state index is 11.0. The lowest BCUT2D eigenvalue weighted by Crippen LogP contribution is -2.06. The maximum Gasteiger partial charge on any atom is 0.104 e. The molecule has 0 bridgehead atoms. The molecule has 0 saturated heterocycles. The summed E-state index contributed by atoms with van der Waals surface area (Å²) in [5.74, 6) is 0. The lowest BCUT2D eigenvalue weighted by molar-refractivity contribution is 1.11. The van der Waals surface area contributed by atoms with Gasteiger partial charge in [-0.25, -0.2) is 0 Å². The molecule has 0 aliphatic rings. The number of rotatable bonds is 5. The number of hydrogen-bond donors (Lipinski definition) is 0. The number of aliphatic imine (C=N–C) groups is 1. The fraction of sp³-hybridized carbons (Fsp3) is 0.0769. The molecule has 0 fully saturated rings. The smallest absolute Gasteiger partial charge is 0.104 e. The number of allylic oxidation sites excluding steroid dienone is 3. The van der Waals surface area contributed by atoms with Crippen LogP contribution < -0.4 is 0 Å². The molecule has 0 amide bonds. The van der Waals surface area contributed by atoms with Crippen LogP contribution in [0.15, 0.2) is 120 Å². The van der Waals surface area contributed by atoms with Gasteiger partial charge in [-0.05, 0) is 93.2 Å². The van der Waals surface area contributed by atoms with E-state index >= 15 is 0 Å². The van der Waals surface area contributed by atoms with Crippen molar-refractivity contribution in [3.63, 3.8) is 0 Å². The highest BCUT2D eigenvalue weighted by atomic mass is 15.0. The van der Waals surface area contributed by atoms with E-state index in [4.69, 9.17) is 0 Å². The molecule has 0 aliphatic heterocycles. The van der Waals surface area contributed by atoms with E-state index in [1.54, 1.807) is 6.20 Å². The minimum Gasteiger partial charge on any atom is -0.308 e. The Balaban J connectivity index is 1.68. The van der Waals surface area contributed by atoms with E-state index in [9.17, 15) is 5.26 Å². The van der Waals surface area contributed by atoms with E-state index in [2.05, 4.69) is 144 Å². The van der Waals surface area contributed by atoms with E-state index < -0.39 is 0 Å². The van der Waals surface area contributed by atoms with Gasteiger partial charge in [0.1, 0.15) is 11.6 Å². The Morgan fingerprint density at radius 3 is 1.65 bits per heavy atom. The molecule has 4 heteroatoms. The Hall–Kier alpha value is -5.66. The summed E-state index contributed by atoms with van der Waals surface area (Å²) in [7, 11) is 0. The SMILES string of the molecule is C=N/C=C\C(=C/C)c1cc(-n2c3ccccc3c3cc(C)ccc32)c(C#N)c(-n2c3ccccc3c3cc(C)ccc32)c1. The average molecular weight is 555 g/mol. The van der Waals surface area contributed by atoms with Crippen molar-refractivity contribution in [2.24, 2.45) is 4.99 Å². The molecule has 0 atom stereocenters. The summed E-state index contributed by atoms with van der Waals surface area (Å²) in [6.45, 7) is 9.90. The van der Waals surface area contributed by atoms with Gasteiger partial charge in [-0.1, -0.05) is 65.7 Å². The van der Waals surface area contributed by atoms with Gasteiger partial charge in [0.05, 0.1) is 33.4 Å². The van der Waals surface area contributed by atoms with Crippen LogP contribution in [0.1, 0.15) is 29.2 Å². The number of fused-ring (bicyclic) bond motifs is 6. The van der Waals surface area contributed by atoms with E-state index in [1.807, 2.05) is 13.0 Å². The number of aryl methyl sites for hydroxylation is 2. The van der Waals surface area contributed by atoms with Crippen LogP contribution in [0.4, 0.5) is 0 Å². The lowest BCUT2D eigenvalue weighted by Gasteiger charge is -2.18. The summed E-state index contributed by atoms with van der Waals surface area (Å²) >= 11 is 0. The first-order valence-electron chi connectivity index (χ1n) is 14.4. The molecule has 206 valence electrons. The number of hydrogen-bond acceptors (Lipinski definition) is 2. The van der Waals surface area contributed by atoms with Crippen molar-refractivity contribution in [3.05, 3.63) is 138 Å². The zero-order chi connectivity index (χ0) is 29.7. The second-order valence-electron chi connectivity index (χ2n) is 11.0. The van der Waals surface area contributed by atoms with Crippen LogP contribution in [-0.4, -0.2) is 15.9 Å². The second kappa shape index (κ2) is 10.3. The predicted octanol–water partition coefficient (Wildman–Crippen LogP) is 9.99. The summed E-state index contributed by atoms with van der Waals surface area (Å²) in [6.07, 6.45) is 5.74. The summed E-state index contributed by atoms with van der Waals surface area (Å²) in [6, 6.07) is 36.9. The molecular formula is C39H30N4. The van der Waals surface area contributed by atoms with Crippen molar-refractivity contribution < 1.29 is 0 Å². The second-order valence-corrected chi connectivity index (χ2v) is 11.0. The molecule has 2 heterocycles. The first-order chi connectivity index (χ1) is 21.0. The van der Waals surface area contributed by atoms with Gasteiger partial charge in [0, 0.05) is 27.7 Å². The Labute approximate surface area is 250 Å². The number of nitrogens with zero attached hydrogens (tertiary/aromatic N) is 4. The van der Waals surface area contributed by atoms with Gasteiger partial charge >= 0.3 is 0 Å². The summed E-state index contributed by atoms with van der Waals surface area (Å²) in [5.41, 5.74) is 10.9. The fourth-order valence-electron chi connectivity index (χ4n) is 6.43. The molecule has 0 aliphatic carbocycles. The Morgan fingerprint density at radius 1 is 0.698 bits per heavy atom. The third kappa shape index (κ3) is 4.09. The molecule has 43 heavy (non-hydrogen) atoms. The van der Waals surface area contributed by atoms with Crippen LogP contribution in [0.3, 0.4) is 0 Å². The van der Waals surface area contributed by atoms with E-state index in [0.29, 0.717) is 5.56 Å². The topological polar surface area (TPSA) is 46.0 Å². The zero-order valence-corrected chi connectivity index (χ0v) is 24.5. The van der Waals surface area contributed by atoms with Gasteiger partial charge in [-0.2, -0.15) is 5.26 Å². The quantitative estimate of drug-likeness (QED) is 0.154. The van der Waals surface area contributed by atoms with Gasteiger partial charge in [0.2, 0.25) is 0 Å². The zero-order valence-electron chi connectivity index (χ0n) is 24.5. The third-order valence-electron chi connectivity index (χ3n) is 8.35. The predicted molar refractivity (Wildman–Crippen MR) is 182 cm³/mol. The molecule has 0 N–H and O–H groups in total. The Bertz CT molecular complexity index is 2210. The standard InChI is InChI=1S/C39H30N4/c1-5-27(18-19-41-4)28-22-38(42-34-12-8-6-10-29(34)31-20-25(2)14-16-36(31)42)33(24-40)39(23-28)43-35-13-9-7-11-30(35)32-21-26(3)15-17-37(32)43/h5-23H,4H2,1-3H3/b19-18-,27-5+. The minimum absolute atomic E-state index is 0.608. The highest BCUT2D eigenvalue weighted by Gasteiger charge is 2.22. The summed E-state index contributed by atoms with van der Waals surface area (Å²) < 4.78 is 4.49. The minimum atomic E-state index is 0.608. The molecular weight excluding hydrogens is 524 g/mol. The van der Waals surface area contributed by atoms with Crippen molar-refractivity contribution in [2.45, 2.75) is 20.8 Å². The molecule has 0 spiro atoms. The third-order valence-corrected chi connectivity index (χ3v) is 8.35. The lowest BCUT2D eigenvalue weighted by atomic mass is 9.99. The number of nitriles is 1. The van der Waals surface area contributed by atoms with Crippen LogP contribution in [0.25, 0.3) is 60.6 Å².